The molecule has 0 radical (unpaired) electrons. The van der Waals surface area contributed by atoms with Crippen LogP contribution in [0.4, 0.5) is 0 Å². The molecular formula is C11H23N3. The van der Waals surface area contributed by atoms with Gasteiger partial charge in [0.2, 0.25) is 0 Å². The zero-order valence-corrected chi connectivity index (χ0v) is 9.74. The van der Waals surface area contributed by atoms with Crippen LogP contribution >= 0.6 is 0 Å². The van der Waals surface area contributed by atoms with E-state index in [4.69, 9.17) is 0 Å². The van der Waals surface area contributed by atoms with Gasteiger partial charge in [0, 0.05) is 51.4 Å². The molecule has 0 aromatic carbocycles. The number of likely N-dealkylation sites (N-methyl/N-ethyl adjacent to an activating group) is 1. The summed E-state index contributed by atoms with van der Waals surface area (Å²) in [6, 6.07) is 1.58. The van der Waals surface area contributed by atoms with Crippen LogP contribution in [0.1, 0.15) is 13.8 Å². The van der Waals surface area contributed by atoms with E-state index >= 15 is 0 Å². The van der Waals surface area contributed by atoms with E-state index in [9.17, 15) is 0 Å². The Morgan fingerprint density at radius 1 is 1.00 bits per heavy atom. The van der Waals surface area contributed by atoms with Gasteiger partial charge in [-0.3, -0.25) is 9.80 Å². The molecule has 0 aromatic heterocycles. The van der Waals surface area contributed by atoms with Crippen LogP contribution in [-0.4, -0.2) is 73.1 Å². The lowest BCUT2D eigenvalue weighted by molar-refractivity contribution is 0.0110. The second-order valence-electron chi connectivity index (χ2n) is 5.04. The van der Waals surface area contributed by atoms with E-state index in [1.807, 2.05) is 0 Å². The van der Waals surface area contributed by atoms with Crippen molar-refractivity contribution in [1.82, 2.24) is 14.7 Å². The average molecular weight is 197 g/mol. The monoisotopic (exact) mass is 197 g/mol. The largest absolute Gasteiger partial charge is 0.303 e. The molecule has 2 rings (SSSR count). The third-order valence-electron chi connectivity index (χ3n) is 3.64. The second kappa shape index (κ2) is 4.17. The minimum absolute atomic E-state index is 0.723. The van der Waals surface area contributed by atoms with Crippen LogP contribution in [-0.2, 0) is 0 Å². The minimum Gasteiger partial charge on any atom is -0.303 e. The van der Waals surface area contributed by atoms with Crippen LogP contribution in [0.3, 0.4) is 0 Å². The first kappa shape index (κ1) is 10.4. The number of hydrogen-bond acceptors (Lipinski definition) is 3. The molecule has 0 amide bonds. The predicted molar refractivity (Wildman–Crippen MR) is 59.6 cm³/mol. The summed E-state index contributed by atoms with van der Waals surface area (Å²) in [4.78, 5) is 7.65. The summed E-state index contributed by atoms with van der Waals surface area (Å²) in [6.07, 6.45) is 0. The van der Waals surface area contributed by atoms with Crippen molar-refractivity contribution in [3.05, 3.63) is 0 Å². The van der Waals surface area contributed by atoms with Crippen molar-refractivity contribution >= 4 is 0 Å². The van der Waals surface area contributed by atoms with E-state index in [2.05, 4.69) is 35.6 Å². The molecule has 14 heavy (non-hydrogen) atoms. The molecule has 3 heteroatoms. The Morgan fingerprint density at radius 3 is 2.00 bits per heavy atom. The molecule has 0 saturated carbocycles. The van der Waals surface area contributed by atoms with Crippen LogP contribution in [0.15, 0.2) is 0 Å². The van der Waals surface area contributed by atoms with E-state index in [-0.39, 0.29) is 0 Å². The molecule has 82 valence electrons. The Labute approximate surface area is 87.7 Å². The second-order valence-corrected chi connectivity index (χ2v) is 5.04. The Kier molecular flexibility index (Phi) is 3.10. The van der Waals surface area contributed by atoms with E-state index in [1.165, 1.54) is 39.3 Å². The van der Waals surface area contributed by atoms with Gasteiger partial charge >= 0.3 is 0 Å². The third kappa shape index (κ3) is 2.10. The smallest absolute Gasteiger partial charge is 0.0351 e. The normalized spacial score (nSPS) is 28.3. The Bertz CT molecular complexity index is 179. The molecule has 0 atom stereocenters. The maximum absolute atomic E-state index is 2.67. The standard InChI is InChI=1S/C11H23N3/c1-10(2)13-4-6-14(7-5-13)11-8-12(3)9-11/h10-11H,4-9H2,1-3H3. The molecule has 0 spiro atoms. The zero-order chi connectivity index (χ0) is 10.1. The number of hydrogen-bond donors (Lipinski definition) is 0. The van der Waals surface area contributed by atoms with Gasteiger partial charge in [0.25, 0.3) is 0 Å². The highest BCUT2D eigenvalue weighted by molar-refractivity contribution is 4.88. The molecular weight excluding hydrogens is 174 g/mol. The lowest BCUT2D eigenvalue weighted by Gasteiger charge is -2.47. The van der Waals surface area contributed by atoms with E-state index < -0.39 is 0 Å². The molecule has 0 aromatic rings. The van der Waals surface area contributed by atoms with Gasteiger partial charge in [-0.25, -0.2) is 0 Å². The number of likely N-dealkylation sites (tertiary alicyclic amines) is 1. The number of nitrogens with zero attached hydrogens (tertiary/aromatic N) is 3. The average Bonchev–Trinajstić information content (AvgIpc) is 2.13. The Balaban J connectivity index is 1.73. The molecule has 0 bridgehead atoms. The summed E-state index contributed by atoms with van der Waals surface area (Å²) in [6.45, 7) is 12.2. The number of rotatable bonds is 2. The van der Waals surface area contributed by atoms with Crippen molar-refractivity contribution in [3.8, 4) is 0 Å². The van der Waals surface area contributed by atoms with Crippen molar-refractivity contribution in [2.75, 3.05) is 46.3 Å². The zero-order valence-electron chi connectivity index (χ0n) is 9.74. The summed E-state index contributed by atoms with van der Waals surface area (Å²) in [5.74, 6) is 0. The van der Waals surface area contributed by atoms with Gasteiger partial charge in [0.15, 0.2) is 0 Å². The fraction of sp³-hybridized carbons (Fsp3) is 1.00. The van der Waals surface area contributed by atoms with Crippen molar-refractivity contribution < 1.29 is 0 Å². The van der Waals surface area contributed by atoms with Crippen LogP contribution < -0.4 is 0 Å². The minimum atomic E-state index is 0.723. The SMILES string of the molecule is CC(C)N1CCN(C2CN(C)C2)CC1. The van der Waals surface area contributed by atoms with Gasteiger partial charge < -0.3 is 4.90 Å². The third-order valence-corrected chi connectivity index (χ3v) is 3.64. The summed E-state index contributed by atoms with van der Waals surface area (Å²) < 4.78 is 0. The Hall–Kier alpha value is -0.120. The van der Waals surface area contributed by atoms with E-state index in [0.29, 0.717) is 0 Å². The maximum atomic E-state index is 2.67. The van der Waals surface area contributed by atoms with Crippen LogP contribution in [0.25, 0.3) is 0 Å². The Morgan fingerprint density at radius 2 is 1.57 bits per heavy atom. The molecule has 2 fully saturated rings. The van der Waals surface area contributed by atoms with Crippen LogP contribution in [0, 0.1) is 0 Å². The van der Waals surface area contributed by atoms with E-state index in [1.54, 1.807) is 0 Å². The van der Waals surface area contributed by atoms with Crippen molar-refractivity contribution in [3.63, 3.8) is 0 Å². The molecule has 2 aliphatic heterocycles. The van der Waals surface area contributed by atoms with Gasteiger partial charge in [-0.2, -0.15) is 0 Å². The lowest BCUT2D eigenvalue weighted by atomic mass is 10.1. The molecule has 2 saturated heterocycles. The molecule has 2 aliphatic rings. The van der Waals surface area contributed by atoms with E-state index in [0.717, 1.165) is 12.1 Å². The highest BCUT2D eigenvalue weighted by atomic mass is 15.3. The maximum Gasteiger partial charge on any atom is 0.0351 e. The highest BCUT2D eigenvalue weighted by Gasteiger charge is 2.31. The molecule has 2 heterocycles. The van der Waals surface area contributed by atoms with Gasteiger partial charge in [-0.05, 0) is 20.9 Å². The van der Waals surface area contributed by atoms with Gasteiger partial charge in [-0.1, -0.05) is 0 Å². The van der Waals surface area contributed by atoms with Crippen LogP contribution in [0.5, 0.6) is 0 Å². The predicted octanol–water partition coefficient (Wildman–Crippen LogP) is 0.326. The number of piperazine rings is 1. The van der Waals surface area contributed by atoms with Crippen molar-refractivity contribution in [1.29, 1.82) is 0 Å². The molecule has 3 nitrogen and oxygen atoms in total. The summed E-state index contributed by atoms with van der Waals surface area (Å²) in [5, 5.41) is 0. The fourth-order valence-electron chi connectivity index (χ4n) is 2.52. The summed E-state index contributed by atoms with van der Waals surface area (Å²) >= 11 is 0. The van der Waals surface area contributed by atoms with Gasteiger partial charge in [0.1, 0.15) is 0 Å². The first-order valence-corrected chi connectivity index (χ1v) is 5.83. The quantitative estimate of drug-likeness (QED) is 0.631. The summed E-state index contributed by atoms with van der Waals surface area (Å²) in [5.41, 5.74) is 0. The fourth-order valence-corrected chi connectivity index (χ4v) is 2.52. The first-order valence-electron chi connectivity index (χ1n) is 5.83. The highest BCUT2D eigenvalue weighted by Crippen LogP contribution is 2.15. The van der Waals surface area contributed by atoms with Gasteiger partial charge in [0.05, 0.1) is 0 Å². The molecule has 0 aliphatic carbocycles. The lowest BCUT2D eigenvalue weighted by Crippen LogP contribution is -2.62. The summed E-state index contributed by atoms with van der Waals surface area (Å²) in [7, 11) is 2.21. The topological polar surface area (TPSA) is 9.72 Å². The molecule has 0 N–H and O–H groups in total. The van der Waals surface area contributed by atoms with Crippen molar-refractivity contribution in [2.24, 2.45) is 0 Å². The van der Waals surface area contributed by atoms with Crippen molar-refractivity contribution in [2.45, 2.75) is 25.9 Å². The first-order chi connectivity index (χ1) is 6.66. The molecule has 0 unspecified atom stereocenters. The van der Waals surface area contributed by atoms with Gasteiger partial charge in [-0.15, -0.1) is 0 Å². The van der Waals surface area contributed by atoms with Crippen LogP contribution in [0.2, 0.25) is 0 Å².